The number of aromatic nitrogens is 3. The molecule has 15 heavy (non-hydrogen) atoms. The van der Waals surface area contributed by atoms with Gasteiger partial charge in [0.05, 0.1) is 3.79 Å². The zero-order valence-electron chi connectivity index (χ0n) is 8.22. The van der Waals surface area contributed by atoms with Crippen molar-refractivity contribution in [1.82, 2.24) is 14.8 Å². The predicted octanol–water partition coefficient (Wildman–Crippen LogP) is 1.88. The monoisotopic (exact) mass is 286 g/mol. The van der Waals surface area contributed by atoms with Gasteiger partial charge < -0.3 is 5.73 Å². The van der Waals surface area contributed by atoms with Crippen molar-refractivity contribution in [2.75, 3.05) is 0 Å². The molecule has 2 heterocycles. The largest absolute Gasteiger partial charge is 0.324 e. The zero-order valence-corrected chi connectivity index (χ0v) is 10.6. The number of hydrogen-bond donors (Lipinski definition) is 1. The van der Waals surface area contributed by atoms with Crippen molar-refractivity contribution in [3.63, 3.8) is 0 Å². The van der Waals surface area contributed by atoms with Crippen molar-refractivity contribution in [3.05, 3.63) is 32.9 Å². The molecule has 0 aromatic carbocycles. The topological polar surface area (TPSA) is 56.7 Å². The van der Waals surface area contributed by atoms with Crippen LogP contribution in [-0.2, 0) is 13.5 Å². The van der Waals surface area contributed by atoms with Gasteiger partial charge >= 0.3 is 0 Å². The lowest BCUT2D eigenvalue weighted by molar-refractivity contribution is 0.630. The van der Waals surface area contributed by atoms with Crippen LogP contribution in [0.25, 0.3) is 0 Å². The summed E-state index contributed by atoms with van der Waals surface area (Å²) in [6.45, 7) is 0. The quantitative estimate of drug-likeness (QED) is 0.937. The van der Waals surface area contributed by atoms with Crippen molar-refractivity contribution in [2.24, 2.45) is 12.8 Å². The highest BCUT2D eigenvalue weighted by atomic mass is 79.9. The van der Waals surface area contributed by atoms with Crippen molar-refractivity contribution in [1.29, 1.82) is 0 Å². The van der Waals surface area contributed by atoms with Crippen LogP contribution in [0.4, 0.5) is 0 Å². The SMILES string of the molecule is Cn1ncnc1CC(N)c1csc(Br)c1. The standard InChI is InChI=1S/C9H11BrN4S/c1-14-9(12-5-13-14)3-7(11)6-2-8(10)15-4-6/h2,4-5,7H,3,11H2,1H3. The lowest BCUT2D eigenvalue weighted by atomic mass is 10.1. The first kappa shape index (κ1) is 10.8. The molecule has 0 fully saturated rings. The fourth-order valence-corrected chi connectivity index (χ4v) is 2.58. The molecule has 2 N–H and O–H groups in total. The number of halogens is 1. The molecule has 1 atom stereocenters. The molecule has 80 valence electrons. The Balaban J connectivity index is 2.10. The summed E-state index contributed by atoms with van der Waals surface area (Å²) in [6, 6.07) is 2.03. The second kappa shape index (κ2) is 4.42. The highest BCUT2D eigenvalue weighted by molar-refractivity contribution is 9.11. The molecule has 6 heteroatoms. The molecule has 0 aliphatic carbocycles. The van der Waals surface area contributed by atoms with Gasteiger partial charge in [-0.3, -0.25) is 4.68 Å². The molecule has 1 unspecified atom stereocenters. The first-order chi connectivity index (χ1) is 7.16. The number of rotatable bonds is 3. The minimum absolute atomic E-state index is 0.0181. The Hall–Kier alpha value is -0.720. The van der Waals surface area contributed by atoms with E-state index in [9.17, 15) is 0 Å². The molecule has 0 aliphatic heterocycles. The molecule has 0 radical (unpaired) electrons. The van der Waals surface area contributed by atoms with Crippen LogP contribution < -0.4 is 5.73 Å². The smallest absolute Gasteiger partial charge is 0.138 e. The van der Waals surface area contributed by atoms with E-state index in [1.165, 1.54) is 0 Å². The van der Waals surface area contributed by atoms with Gasteiger partial charge in [-0.1, -0.05) is 0 Å². The average molecular weight is 287 g/mol. The van der Waals surface area contributed by atoms with Crippen LogP contribution in [0.3, 0.4) is 0 Å². The average Bonchev–Trinajstić information content (AvgIpc) is 2.77. The maximum absolute atomic E-state index is 6.07. The van der Waals surface area contributed by atoms with Gasteiger partial charge in [0, 0.05) is 19.5 Å². The molecule has 0 bridgehead atoms. The van der Waals surface area contributed by atoms with Gasteiger partial charge in [-0.25, -0.2) is 4.98 Å². The van der Waals surface area contributed by atoms with Gasteiger partial charge in [0.2, 0.25) is 0 Å². The fourth-order valence-electron chi connectivity index (χ4n) is 1.34. The van der Waals surface area contributed by atoms with E-state index in [0.717, 1.165) is 15.2 Å². The Kier molecular flexibility index (Phi) is 3.18. The molecule has 2 aromatic heterocycles. The maximum Gasteiger partial charge on any atom is 0.138 e. The Bertz CT molecular complexity index is 450. The van der Waals surface area contributed by atoms with E-state index in [-0.39, 0.29) is 6.04 Å². The van der Waals surface area contributed by atoms with Crippen molar-refractivity contribution < 1.29 is 0 Å². The third-order valence-electron chi connectivity index (χ3n) is 2.22. The number of nitrogens with two attached hydrogens (primary N) is 1. The van der Waals surface area contributed by atoms with Crippen LogP contribution in [0.5, 0.6) is 0 Å². The van der Waals surface area contributed by atoms with Crippen molar-refractivity contribution in [3.8, 4) is 0 Å². The van der Waals surface area contributed by atoms with E-state index in [0.29, 0.717) is 6.42 Å². The molecular formula is C9H11BrN4S. The first-order valence-electron chi connectivity index (χ1n) is 4.49. The molecule has 0 aliphatic rings. The maximum atomic E-state index is 6.07. The van der Waals surface area contributed by atoms with E-state index in [1.54, 1.807) is 22.3 Å². The molecular weight excluding hydrogens is 276 g/mol. The highest BCUT2D eigenvalue weighted by Crippen LogP contribution is 2.25. The second-order valence-electron chi connectivity index (χ2n) is 3.29. The summed E-state index contributed by atoms with van der Waals surface area (Å²) in [5.41, 5.74) is 7.21. The fraction of sp³-hybridized carbons (Fsp3) is 0.333. The van der Waals surface area contributed by atoms with E-state index in [4.69, 9.17) is 5.73 Å². The summed E-state index contributed by atoms with van der Waals surface area (Å²) in [4.78, 5) is 4.15. The third kappa shape index (κ3) is 2.45. The van der Waals surface area contributed by atoms with Crippen molar-refractivity contribution in [2.45, 2.75) is 12.5 Å². The Morgan fingerprint density at radius 2 is 2.47 bits per heavy atom. The normalized spacial score (nSPS) is 13.0. The third-order valence-corrected chi connectivity index (χ3v) is 3.75. The summed E-state index contributed by atoms with van der Waals surface area (Å²) >= 11 is 5.07. The van der Waals surface area contributed by atoms with Crippen LogP contribution in [0.15, 0.2) is 21.6 Å². The number of aryl methyl sites for hydroxylation is 1. The Morgan fingerprint density at radius 1 is 1.67 bits per heavy atom. The van der Waals surface area contributed by atoms with Gasteiger partial charge in [-0.2, -0.15) is 5.10 Å². The van der Waals surface area contributed by atoms with E-state index in [1.807, 2.05) is 13.1 Å². The minimum atomic E-state index is -0.0181. The van der Waals surface area contributed by atoms with Crippen LogP contribution in [0, 0.1) is 0 Å². The van der Waals surface area contributed by atoms with Gasteiger partial charge in [-0.05, 0) is 32.9 Å². The molecule has 2 aromatic rings. The zero-order chi connectivity index (χ0) is 10.8. The second-order valence-corrected chi connectivity index (χ2v) is 5.59. The molecule has 0 amide bonds. The van der Waals surface area contributed by atoms with Crippen LogP contribution in [0.2, 0.25) is 0 Å². The van der Waals surface area contributed by atoms with Gasteiger partial charge in [0.1, 0.15) is 12.2 Å². The molecule has 0 saturated heterocycles. The predicted molar refractivity (Wildman–Crippen MR) is 63.7 cm³/mol. The van der Waals surface area contributed by atoms with Gasteiger partial charge in [0.25, 0.3) is 0 Å². The number of hydrogen-bond acceptors (Lipinski definition) is 4. The summed E-state index contributed by atoms with van der Waals surface area (Å²) in [7, 11) is 1.87. The van der Waals surface area contributed by atoms with Crippen molar-refractivity contribution >= 4 is 27.3 Å². The molecule has 2 rings (SSSR count). The van der Waals surface area contributed by atoms with E-state index >= 15 is 0 Å². The summed E-state index contributed by atoms with van der Waals surface area (Å²) in [6.07, 6.45) is 2.26. The van der Waals surface area contributed by atoms with Crippen LogP contribution >= 0.6 is 27.3 Å². The van der Waals surface area contributed by atoms with E-state index < -0.39 is 0 Å². The van der Waals surface area contributed by atoms with Gasteiger partial charge in [-0.15, -0.1) is 11.3 Å². The number of thiophene rings is 1. The lowest BCUT2D eigenvalue weighted by Crippen LogP contribution is -2.15. The molecule has 0 saturated carbocycles. The molecule has 0 spiro atoms. The summed E-state index contributed by atoms with van der Waals surface area (Å²) in [5.74, 6) is 0.907. The van der Waals surface area contributed by atoms with Crippen LogP contribution in [0.1, 0.15) is 17.4 Å². The van der Waals surface area contributed by atoms with Gasteiger partial charge in [0.15, 0.2) is 0 Å². The van der Waals surface area contributed by atoms with Crippen LogP contribution in [-0.4, -0.2) is 14.8 Å². The number of nitrogens with zero attached hydrogens (tertiary/aromatic N) is 3. The lowest BCUT2D eigenvalue weighted by Gasteiger charge is -2.08. The Labute approximate surface area is 100 Å². The van der Waals surface area contributed by atoms with E-state index in [2.05, 4.69) is 31.4 Å². The molecule has 4 nitrogen and oxygen atoms in total. The summed E-state index contributed by atoms with van der Waals surface area (Å²) in [5, 5.41) is 6.07. The Morgan fingerprint density at radius 3 is 3.00 bits per heavy atom. The first-order valence-corrected chi connectivity index (χ1v) is 6.16. The minimum Gasteiger partial charge on any atom is -0.324 e. The summed E-state index contributed by atoms with van der Waals surface area (Å²) < 4.78 is 2.85. The highest BCUT2D eigenvalue weighted by Gasteiger charge is 2.11.